The average Bonchev–Trinajstić information content (AvgIpc) is 2.38. The molecular weight excluding hydrogens is 212 g/mol. The fraction of sp³-hybridized carbons (Fsp3) is 0.933. The fourth-order valence-corrected chi connectivity index (χ4v) is 3.84. The van der Waals surface area contributed by atoms with Crippen molar-refractivity contribution in [1.29, 1.82) is 0 Å². The molecule has 2 aliphatic carbocycles. The monoisotopic (exact) mass is 238 g/mol. The van der Waals surface area contributed by atoms with Gasteiger partial charge >= 0.3 is 0 Å². The first-order valence-corrected chi connectivity index (χ1v) is 7.44. The van der Waals surface area contributed by atoms with Crippen LogP contribution in [0.4, 0.5) is 0 Å². The van der Waals surface area contributed by atoms with Crippen molar-refractivity contribution in [3.8, 4) is 0 Å². The molecule has 0 aromatic rings. The molecule has 2 nitrogen and oxygen atoms in total. The van der Waals surface area contributed by atoms with Crippen LogP contribution in [0.1, 0.15) is 64.7 Å². The molecule has 0 aliphatic heterocycles. The lowest BCUT2D eigenvalue weighted by atomic mass is 9.69. The Labute approximate surface area is 105 Å². The van der Waals surface area contributed by atoms with E-state index in [1.54, 1.807) is 0 Å². The number of Topliss-reactive ketones (excluding diaryl/α,β-unsaturated/α-hetero) is 1. The summed E-state index contributed by atoms with van der Waals surface area (Å²) in [6.07, 6.45) is 9.58. The van der Waals surface area contributed by atoms with Gasteiger partial charge in [0.15, 0.2) is 0 Å². The van der Waals surface area contributed by atoms with E-state index in [-0.39, 0.29) is 12.0 Å². The Morgan fingerprint density at radius 3 is 2.53 bits per heavy atom. The predicted molar refractivity (Wildman–Crippen MR) is 68.7 cm³/mol. The highest BCUT2D eigenvalue weighted by molar-refractivity contribution is 5.82. The second kappa shape index (κ2) is 5.99. The highest BCUT2D eigenvalue weighted by Gasteiger charge is 2.39. The summed E-state index contributed by atoms with van der Waals surface area (Å²) < 4.78 is 0. The van der Waals surface area contributed by atoms with E-state index in [1.807, 2.05) is 0 Å². The zero-order valence-electron chi connectivity index (χ0n) is 11.0. The van der Waals surface area contributed by atoms with Crippen LogP contribution in [-0.2, 0) is 4.79 Å². The number of carbonyl (C=O) groups excluding carboxylic acids is 1. The lowest BCUT2D eigenvalue weighted by Gasteiger charge is -2.38. The summed E-state index contributed by atoms with van der Waals surface area (Å²) in [6.45, 7) is 2.16. The molecule has 1 N–H and O–H groups in total. The van der Waals surface area contributed by atoms with Crippen molar-refractivity contribution < 1.29 is 9.90 Å². The van der Waals surface area contributed by atoms with Crippen molar-refractivity contribution in [2.75, 3.05) is 0 Å². The highest BCUT2D eigenvalue weighted by Crippen LogP contribution is 2.38. The molecular formula is C15H26O2. The summed E-state index contributed by atoms with van der Waals surface area (Å²) in [7, 11) is 0. The first-order valence-electron chi connectivity index (χ1n) is 7.44. The maximum Gasteiger partial charge on any atom is 0.138 e. The van der Waals surface area contributed by atoms with E-state index in [0.717, 1.165) is 32.1 Å². The van der Waals surface area contributed by atoms with Crippen LogP contribution in [0.15, 0.2) is 0 Å². The Kier molecular flexibility index (Phi) is 4.61. The molecule has 0 unspecified atom stereocenters. The lowest BCUT2D eigenvalue weighted by molar-refractivity contribution is -0.134. The molecule has 2 saturated carbocycles. The summed E-state index contributed by atoms with van der Waals surface area (Å²) >= 11 is 0. The molecule has 17 heavy (non-hydrogen) atoms. The van der Waals surface area contributed by atoms with Gasteiger partial charge in [-0.25, -0.2) is 0 Å². The van der Waals surface area contributed by atoms with Gasteiger partial charge in [0.05, 0.1) is 6.10 Å². The van der Waals surface area contributed by atoms with Gasteiger partial charge < -0.3 is 5.11 Å². The van der Waals surface area contributed by atoms with Crippen molar-refractivity contribution in [2.45, 2.75) is 70.8 Å². The molecule has 2 fully saturated rings. The quantitative estimate of drug-likeness (QED) is 0.819. The van der Waals surface area contributed by atoms with E-state index in [4.69, 9.17) is 0 Å². The first-order chi connectivity index (χ1) is 8.24. The van der Waals surface area contributed by atoms with Crippen molar-refractivity contribution in [3.05, 3.63) is 0 Å². The van der Waals surface area contributed by atoms with Gasteiger partial charge in [-0.15, -0.1) is 0 Å². The Hall–Kier alpha value is -0.370. The molecule has 2 aliphatic rings. The fourth-order valence-electron chi connectivity index (χ4n) is 3.84. The SMILES string of the molecule is CC[C@H]1CCCC(=O)[C@H]1[C@H](O)C1CCCCC1. The molecule has 0 saturated heterocycles. The number of carbonyl (C=O) groups is 1. The van der Waals surface area contributed by atoms with Gasteiger partial charge in [0.2, 0.25) is 0 Å². The standard InChI is InChI=1S/C15H26O2/c1-2-11-9-6-10-13(16)14(11)15(17)12-7-4-3-5-8-12/h11-12,14-15,17H,2-10H2,1H3/t11-,14-,15+/m0/s1. The van der Waals surface area contributed by atoms with Crippen LogP contribution < -0.4 is 0 Å². The topological polar surface area (TPSA) is 37.3 Å². The molecule has 98 valence electrons. The third-order valence-electron chi connectivity index (χ3n) is 4.90. The molecule has 2 heteroatoms. The van der Waals surface area contributed by atoms with Gasteiger partial charge in [-0.05, 0) is 37.5 Å². The lowest BCUT2D eigenvalue weighted by Crippen LogP contribution is -2.42. The molecule has 0 heterocycles. The third-order valence-corrected chi connectivity index (χ3v) is 4.90. The minimum absolute atomic E-state index is 0.0446. The number of rotatable bonds is 3. The molecule has 2 rings (SSSR count). The third kappa shape index (κ3) is 2.90. The summed E-state index contributed by atoms with van der Waals surface area (Å²) in [5, 5.41) is 10.5. The second-order valence-electron chi connectivity index (χ2n) is 5.94. The Morgan fingerprint density at radius 2 is 1.88 bits per heavy atom. The molecule has 0 amide bonds. The molecule has 0 radical (unpaired) electrons. The van der Waals surface area contributed by atoms with E-state index < -0.39 is 0 Å². The van der Waals surface area contributed by atoms with Gasteiger partial charge in [-0.3, -0.25) is 4.79 Å². The van der Waals surface area contributed by atoms with Gasteiger partial charge in [0.1, 0.15) is 5.78 Å². The Morgan fingerprint density at radius 1 is 1.18 bits per heavy atom. The maximum atomic E-state index is 12.1. The predicted octanol–water partition coefficient (Wildman–Crippen LogP) is 3.32. The van der Waals surface area contributed by atoms with Gasteiger partial charge in [0, 0.05) is 12.3 Å². The Bertz CT molecular complexity index is 256. The zero-order chi connectivity index (χ0) is 12.3. The second-order valence-corrected chi connectivity index (χ2v) is 5.94. The maximum absolute atomic E-state index is 12.1. The molecule has 0 spiro atoms. The van der Waals surface area contributed by atoms with Gasteiger partial charge in [0.25, 0.3) is 0 Å². The van der Waals surface area contributed by atoms with E-state index >= 15 is 0 Å². The van der Waals surface area contributed by atoms with E-state index in [1.165, 1.54) is 19.3 Å². The molecule has 3 atom stereocenters. The van der Waals surface area contributed by atoms with Crippen LogP contribution in [0.3, 0.4) is 0 Å². The van der Waals surface area contributed by atoms with Gasteiger partial charge in [-0.1, -0.05) is 32.6 Å². The van der Waals surface area contributed by atoms with Crippen LogP contribution in [0.25, 0.3) is 0 Å². The van der Waals surface area contributed by atoms with Crippen molar-refractivity contribution in [3.63, 3.8) is 0 Å². The van der Waals surface area contributed by atoms with Crippen LogP contribution in [0, 0.1) is 17.8 Å². The van der Waals surface area contributed by atoms with Crippen LogP contribution >= 0.6 is 0 Å². The number of aliphatic hydroxyl groups is 1. The minimum atomic E-state index is -0.354. The number of hydrogen-bond acceptors (Lipinski definition) is 2. The van der Waals surface area contributed by atoms with E-state index in [2.05, 4.69) is 6.92 Å². The van der Waals surface area contributed by atoms with Gasteiger partial charge in [-0.2, -0.15) is 0 Å². The number of hydrogen-bond donors (Lipinski definition) is 1. The Balaban J connectivity index is 2.03. The number of ketones is 1. The van der Waals surface area contributed by atoms with E-state index in [0.29, 0.717) is 24.0 Å². The summed E-state index contributed by atoms with van der Waals surface area (Å²) in [6, 6.07) is 0. The van der Waals surface area contributed by atoms with Crippen LogP contribution in [0.5, 0.6) is 0 Å². The van der Waals surface area contributed by atoms with Crippen LogP contribution in [-0.4, -0.2) is 17.0 Å². The van der Waals surface area contributed by atoms with Crippen LogP contribution in [0.2, 0.25) is 0 Å². The van der Waals surface area contributed by atoms with Crippen molar-refractivity contribution >= 4 is 5.78 Å². The van der Waals surface area contributed by atoms with E-state index in [9.17, 15) is 9.90 Å². The smallest absolute Gasteiger partial charge is 0.138 e. The molecule has 0 bridgehead atoms. The zero-order valence-corrected chi connectivity index (χ0v) is 11.0. The normalized spacial score (nSPS) is 33.6. The number of aliphatic hydroxyl groups excluding tert-OH is 1. The highest BCUT2D eigenvalue weighted by atomic mass is 16.3. The first kappa shape index (κ1) is 13.1. The van der Waals surface area contributed by atoms with Crippen molar-refractivity contribution in [2.24, 2.45) is 17.8 Å². The summed E-state index contributed by atoms with van der Waals surface area (Å²) in [5.41, 5.74) is 0. The minimum Gasteiger partial charge on any atom is -0.392 e. The molecule has 0 aromatic heterocycles. The van der Waals surface area contributed by atoms with Crippen molar-refractivity contribution in [1.82, 2.24) is 0 Å². The summed E-state index contributed by atoms with van der Waals surface area (Å²) in [4.78, 5) is 12.1. The average molecular weight is 238 g/mol. The summed E-state index contributed by atoms with van der Waals surface area (Å²) in [5.74, 6) is 1.12. The molecule has 0 aromatic carbocycles. The largest absolute Gasteiger partial charge is 0.392 e.